The first-order valence-corrected chi connectivity index (χ1v) is 9.19. The molecule has 0 saturated carbocycles. The number of carbonyl (C=O) groups is 1. The van der Waals surface area contributed by atoms with Crippen LogP contribution < -0.4 is 4.74 Å². The molecule has 3 aromatic rings. The van der Waals surface area contributed by atoms with Gasteiger partial charge in [0.1, 0.15) is 24.0 Å². The van der Waals surface area contributed by atoms with Gasteiger partial charge in [0.25, 0.3) is 6.43 Å². The monoisotopic (exact) mass is 419 g/mol. The maximum Gasteiger partial charge on any atom is 0.339 e. The fraction of sp³-hybridized carbons (Fsp3) is 0.350. The zero-order valence-electron chi connectivity index (χ0n) is 16.2. The molecule has 1 unspecified atom stereocenters. The predicted molar refractivity (Wildman–Crippen MR) is 101 cm³/mol. The molecule has 4 rings (SSSR count). The lowest BCUT2D eigenvalue weighted by atomic mass is 10.1. The van der Waals surface area contributed by atoms with Gasteiger partial charge in [-0.1, -0.05) is 0 Å². The molecule has 3 heterocycles. The molecule has 0 aliphatic carbocycles. The second-order valence-corrected chi connectivity index (χ2v) is 7.24. The summed E-state index contributed by atoms with van der Waals surface area (Å²) in [7, 11) is 0. The van der Waals surface area contributed by atoms with Crippen LogP contribution in [0.2, 0.25) is 0 Å². The Morgan fingerprint density at radius 2 is 2.20 bits per heavy atom. The van der Waals surface area contributed by atoms with E-state index in [4.69, 9.17) is 14.2 Å². The quantitative estimate of drug-likeness (QED) is 0.653. The van der Waals surface area contributed by atoms with Gasteiger partial charge in [-0.25, -0.2) is 23.1 Å². The number of carboxylic acid groups (broad SMARTS) is 1. The second kappa shape index (κ2) is 7.62. The van der Waals surface area contributed by atoms with Crippen molar-refractivity contribution >= 4 is 11.6 Å². The van der Waals surface area contributed by atoms with Gasteiger partial charge in [-0.2, -0.15) is 0 Å². The first-order valence-electron chi connectivity index (χ1n) is 9.19. The number of alkyl halides is 2. The molecule has 30 heavy (non-hydrogen) atoms. The summed E-state index contributed by atoms with van der Waals surface area (Å²) in [5, 5.41) is 13.4. The lowest BCUT2D eigenvalue weighted by Gasteiger charge is -2.17. The number of hydrogen-bond acceptors (Lipinski definition) is 6. The van der Waals surface area contributed by atoms with Crippen molar-refractivity contribution in [2.24, 2.45) is 0 Å². The summed E-state index contributed by atoms with van der Waals surface area (Å²) in [5.41, 5.74) is -0.221. The van der Waals surface area contributed by atoms with Gasteiger partial charge in [0.15, 0.2) is 17.3 Å². The van der Waals surface area contributed by atoms with E-state index in [1.807, 2.05) is 0 Å². The number of pyridine rings is 1. The van der Waals surface area contributed by atoms with Crippen LogP contribution in [0.1, 0.15) is 36.2 Å². The summed E-state index contributed by atoms with van der Waals surface area (Å²) in [5.74, 6) is -1.63. The zero-order chi connectivity index (χ0) is 21.5. The number of rotatable bonds is 6. The number of nitrogens with zero attached hydrogens (tertiary/aromatic N) is 3. The summed E-state index contributed by atoms with van der Waals surface area (Å²) >= 11 is 0. The molecule has 0 radical (unpaired) electrons. The molecule has 1 atom stereocenters. The Morgan fingerprint density at radius 3 is 2.87 bits per heavy atom. The van der Waals surface area contributed by atoms with Crippen LogP contribution >= 0.6 is 0 Å². The Bertz CT molecular complexity index is 1100. The highest BCUT2D eigenvalue weighted by molar-refractivity contribution is 5.94. The van der Waals surface area contributed by atoms with Crippen molar-refractivity contribution in [3.05, 3.63) is 47.7 Å². The third-order valence-electron chi connectivity index (χ3n) is 4.59. The number of aromatic carboxylic acids is 1. The van der Waals surface area contributed by atoms with Crippen molar-refractivity contribution < 1.29 is 32.9 Å². The fourth-order valence-electron chi connectivity index (χ4n) is 3.24. The van der Waals surface area contributed by atoms with E-state index in [1.54, 1.807) is 13.8 Å². The summed E-state index contributed by atoms with van der Waals surface area (Å²) in [6, 6.07) is 7.06. The summed E-state index contributed by atoms with van der Waals surface area (Å²) in [6.45, 7) is 4.08. The Morgan fingerprint density at radius 1 is 1.40 bits per heavy atom. The molecule has 1 N–H and O–H groups in total. The molecule has 10 heteroatoms. The molecular formula is C20H19F2N3O5. The van der Waals surface area contributed by atoms with Crippen molar-refractivity contribution in [2.45, 2.75) is 32.2 Å². The number of hydrogen-bond donors (Lipinski definition) is 1. The molecule has 0 amide bonds. The normalized spacial score (nSPS) is 18.2. The lowest BCUT2D eigenvalue weighted by molar-refractivity contribution is -0.141. The average molecular weight is 419 g/mol. The van der Waals surface area contributed by atoms with E-state index in [1.165, 1.54) is 41.0 Å². The number of carboxylic acids is 1. The van der Waals surface area contributed by atoms with Gasteiger partial charge in [0.2, 0.25) is 0 Å². The molecular weight excluding hydrogens is 400 g/mol. The minimum Gasteiger partial charge on any atom is -0.491 e. The van der Waals surface area contributed by atoms with Crippen molar-refractivity contribution in [1.82, 2.24) is 14.6 Å². The van der Waals surface area contributed by atoms with Gasteiger partial charge in [0, 0.05) is 17.3 Å². The maximum absolute atomic E-state index is 13.7. The molecule has 1 saturated heterocycles. The van der Waals surface area contributed by atoms with Crippen LogP contribution in [0.15, 0.2) is 36.5 Å². The Hall–Kier alpha value is -3.11. The first kappa shape index (κ1) is 20.2. The molecule has 1 aromatic carbocycles. The van der Waals surface area contributed by atoms with Crippen molar-refractivity contribution in [3.63, 3.8) is 0 Å². The zero-order valence-corrected chi connectivity index (χ0v) is 16.2. The first-order chi connectivity index (χ1) is 14.2. The van der Waals surface area contributed by atoms with Crippen LogP contribution in [0.25, 0.3) is 17.0 Å². The molecule has 1 fully saturated rings. The number of fused-ring (bicyclic) bond motifs is 1. The molecule has 158 valence electrons. The Balaban J connectivity index is 1.62. The molecule has 0 spiro atoms. The van der Waals surface area contributed by atoms with Crippen molar-refractivity contribution in [3.8, 4) is 17.1 Å². The van der Waals surface area contributed by atoms with Gasteiger partial charge in [-0.15, -0.1) is 5.10 Å². The number of halogens is 2. The highest BCUT2D eigenvalue weighted by Crippen LogP contribution is 2.33. The van der Waals surface area contributed by atoms with E-state index in [2.05, 4.69) is 10.1 Å². The van der Waals surface area contributed by atoms with Gasteiger partial charge in [-0.3, -0.25) is 0 Å². The minimum atomic E-state index is -2.81. The summed E-state index contributed by atoms with van der Waals surface area (Å²) in [6.07, 6.45) is -1.61. The highest BCUT2D eigenvalue weighted by atomic mass is 19.3. The van der Waals surface area contributed by atoms with E-state index in [-0.39, 0.29) is 46.6 Å². The summed E-state index contributed by atoms with van der Waals surface area (Å²) < 4.78 is 45.4. The van der Waals surface area contributed by atoms with Crippen molar-refractivity contribution in [1.29, 1.82) is 0 Å². The minimum absolute atomic E-state index is 0.000161. The molecule has 1 aliphatic rings. The van der Waals surface area contributed by atoms with Crippen LogP contribution in [-0.4, -0.2) is 50.8 Å². The van der Waals surface area contributed by atoms with Gasteiger partial charge in [-0.05, 0) is 44.2 Å². The Labute approximate surface area is 170 Å². The van der Waals surface area contributed by atoms with Crippen LogP contribution in [0.4, 0.5) is 8.78 Å². The van der Waals surface area contributed by atoms with E-state index in [0.717, 1.165) is 0 Å². The van der Waals surface area contributed by atoms with Crippen LogP contribution in [0.5, 0.6) is 5.75 Å². The maximum atomic E-state index is 13.7. The molecule has 0 bridgehead atoms. The third-order valence-corrected chi connectivity index (χ3v) is 4.59. The number of aromatic nitrogens is 3. The average Bonchev–Trinajstić information content (AvgIpc) is 3.28. The standard InChI is InChI=1S/C20H19F2N3O5/c1-20(2)29-10-12(30-20)9-28-11-5-6-13(15(8-11)16(21)22)17-23-18-14(19(26)27)4-3-7-25(18)24-17/h3-8,12,16H,9-10H2,1-2H3,(H,26,27). The van der Waals surface area contributed by atoms with Gasteiger partial charge in [0.05, 0.1) is 6.61 Å². The van der Waals surface area contributed by atoms with E-state index < -0.39 is 18.2 Å². The van der Waals surface area contributed by atoms with Crippen LogP contribution in [0, 0.1) is 0 Å². The fourth-order valence-corrected chi connectivity index (χ4v) is 3.24. The topological polar surface area (TPSA) is 95.2 Å². The number of ether oxygens (including phenoxy) is 3. The largest absolute Gasteiger partial charge is 0.491 e. The van der Waals surface area contributed by atoms with E-state index in [9.17, 15) is 18.7 Å². The highest BCUT2D eigenvalue weighted by Gasteiger charge is 2.33. The third kappa shape index (κ3) is 3.96. The second-order valence-electron chi connectivity index (χ2n) is 7.24. The molecule has 8 nitrogen and oxygen atoms in total. The molecule has 1 aliphatic heterocycles. The SMILES string of the molecule is CC1(C)OCC(COc2ccc(-c3nc4c(C(=O)O)cccn4n3)c(C(F)F)c2)O1. The van der Waals surface area contributed by atoms with E-state index in [0.29, 0.717) is 6.61 Å². The smallest absolute Gasteiger partial charge is 0.339 e. The van der Waals surface area contributed by atoms with Crippen LogP contribution in [0.3, 0.4) is 0 Å². The summed E-state index contributed by atoms with van der Waals surface area (Å²) in [4.78, 5) is 15.5. The number of benzene rings is 1. The predicted octanol–water partition coefficient (Wildman–Crippen LogP) is 3.56. The molecule has 2 aromatic heterocycles. The van der Waals surface area contributed by atoms with Gasteiger partial charge < -0.3 is 19.3 Å². The van der Waals surface area contributed by atoms with Gasteiger partial charge >= 0.3 is 5.97 Å². The van der Waals surface area contributed by atoms with E-state index >= 15 is 0 Å². The Kier molecular flexibility index (Phi) is 5.12. The lowest BCUT2D eigenvalue weighted by Crippen LogP contribution is -2.25. The van der Waals surface area contributed by atoms with Crippen molar-refractivity contribution in [2.75, 3.05) is 13.2 Å². The van der Waals surface area contributed by atoms with Crippen LogP contribution in [-0.2, 0) is 9.47 Å².